The normalized spacial score (nSPS) is 12.7. The topological polar surface area (TPSA) is 18.7 Å². The predicted octanol–water partition coefficient (Wildman–Crippen LogP) is 12.8. The number of rotatable bonds is 6. The zero-order valence-electron chi connectivity index (χ0n) is 37.3. The van der Waals surface area contributed by atoms with Crippen molar-refractivity contribution in [2.75, 3.05) is 0 Å². The van der Waals surface area contributed by atoms with E-state index < -0.39 is 0 Å². The number of benzene rings is 7. The molecule has 0 aliphatic carbocycles. The van der Waals surface area contributed by atoms with Crippen LogP contribution < -0.4 is 16.4 Å². The Morgan fingerprint density at radius 1 is 0.338 bits per heavy atom. The van der Waals surface area contributed by atoms with Crippen LogP contribution in [0.15, 0.2) is 194 Å². The molecule has 0 radical (unpaired) electrons. The van der Waals surface area contributed by atoms with Crippen molar-refractivity contribution < 1.29 is 0 Å². The maximum atomic E-state index is 2.66. The van der Waals surface area contributed by atoms with Gasteiger partial charge in [0.2, 0.25) is 0 Å². The molecule has 6 heterocycles. The first-order valence-electron chi connectivity index (χ1n) is 22.9. The minimum atomic E-state index is -0.154. The highest BCUT2D eigenvalue weighted by Crippen LogP contribution is 2.48. The first-order valence-corrected chi connectivity index (χ1v) is 22.9. The summed E-state index contributed by atoms with van der Waals surface area (Å²) in [4.78, 5) is 0. The van der Waals surface area contributed by atoms with Gasteiger partial charge in [-0.05, 0) is 75.6 Å². The highest BCUT2D eigenvalue weighted by Gasteiger charge is 2.48. The molecule has 0 saturated heterocycles. The van der Waals surface area contributed by atoms with Crippen LogP contribution >= 0.6 is 0 Å². The molecule has 310 valence electrons. The lowest BCUT2D eigenvalue weighted by Crippen LogP contribution is -2.60. The number of hydrogen-bond donors (Lipinski definition) is 0. The van der Waals surface area contributed by atoms with E-state index in [1.807, 2.05) is 0 Å². The standard InChI is InChI=1S/C60H47BN4/c1-38-49-58-62(54(42-28-16-8-17-29-42)56(44-32-20-10-21-33-44)64(58)52(38)40-24-12-6-13-25-40)47-36-46(60(3,4)5)37-48-51(47)61(49)50-39(2)53(41-26-14-7-15-27-41)65-57(45-34-22-11-23-35-45)55(63(48)59(50)65)43-30-18-9-19-31-43/h6-37H,1-5H3. The Bertz CT molecular complexity index is 3430. The molecule has 2 aliphatic rings. The van der Waals surface area contributed by atoms with E-state index in [-0.39, 0.29) is 12.1 Å². The Labute approximate surface area is 380 Å². The molecular weight excluding hydrogens is 787 g/mol. The molecule has 4 nitrogen and oxygen atoms in total. The molecule has 5 heteroatoms. The Morgan fingerprint density at radius 3 is 0.908 bits per heavy atom. The summed E-state index contributed by atoms with van der Waals surface area (Å²) in [6.07, 6.45) is 0. The second-order valence-electron chi connectivity index (χ2n) is 19.0. The minimum Gasteiger partial charge on any atom is -0.294 e. The van der Waals surface area contributed by atoms with E-state index in [1.54, 1.807) is 0 Å². The molecule has 0 amide bonds. The molecule has 4 aromatic heterocycles. The van der Waals surface area contributed by atoms with Crippen LogP contribution in [0.4, 0.5) is 0 Å². The van der Waals surface area contributed by atoms with E-state index in [0.29, 0.717) is 0 Å². The van der Waals surface area contributed by atoms with Crippen LogP contribution in [-0.4, -0.2) is 24.6 Å². The molecule has 0 saturated carbocycles. The second kappa shape index (κ2) is 13.9. The quantitative estimate of drug-likeness (QED) is 0.149. The minimum absolute atomic E-state index is 0.0572. The van der Waals surface area contributed by atoms with Crippen molar-refractivity contribution in [3.05, 3.63) is 211 Å². The highest BCUT2D eigenvalue weighted by atomic mass is 15.2. The third kappa shape index (κ3) is 5.21. The first-order chi connectivity index (χ1) is 31.8. The van der Waals surface area contributed by atoms with Crippen LogP contribution in [0.5, 0.6) is 0 Å². The summed E-state index contributed by atoms with van der Waals surface area (Å²) in [6.45, 7) is 11.8. The maximum absolute atomic E-state index is 2.66. The van der Waals surface area contributed by atoms with E-state index in [0.717, 1.165) is 0 Å². The molecule has 0 N–H and O–H groups in total. The number of nitrogens with zero attached hydrogens (tertiary/aromatic N) is 4. The Hall–Kier alpha value is -7.76. The Morgan fingerprint density at radius 2 is 0.615 bits per heavy atom. The predicted molar refractivity (Wildman–Crippen MR) is 272 cm³/mol. The zero-order valence-corrected chi connectivity index (χ0v) is 37.3. The van der Waals surface area contributed by atoms with E-state index >= 15 is 0 Å². The van der Waals surface area contributed by atoms with Crippen LogP contribution in [0.3, 0.4) is 0 Å². The zero-order chi connectivity index (χ0) is 43.7. The van der Waals surface area contributed by atoms with Crippen molar-refractivity contribution in [3.8, 4) is 78.9 Å². The summed E-state index contributed by atoms with van der Waals surface area (Å²) >= 11 is 0. The fraction of sp³-hybridized carbons (Fsp3) is 0.100. The summed E-state index contributed by atoms with van der Waals surface area (Å²) in [5.74, 6) is 0. The van der Waals surface area contributed by atoms with Crippen molar-refractivity contribution in [2.24, 2.45) is 0 Å². The summed E-state index contributed by atoms with van der Waals surface area (Å²) in [7, 11) is 0. The lowest BCUT2D eigenvalue weighted by Gasteiger charge is -2.35. The summed E-state index contributed by atoms with van der Waals surface area (Å²) in [5, 5.41) is 0. The smallest absolute Gasteiger partial charge is 0.257 e. The first kappa shape index (κ1) is 37.8. The summed E-state index contributed by atoms with van der Waals surface area (Å²) in [6, 6.07) is 71.6. The van der Waals surface area contributed by atoms with Gasteiger partial charge in [0.15, 0.2) is 0 Å². The third-order valence-corrected chi connectivity index (χ3v) is 14.3. The Balaban J connectivity index is 1.31. The molecule has 2 aliphatic heterocycles. The van der Waals surface area contributed by atoms with Gasteiger partial charge in [0, 0.05) is 33.6 Å². The number of aromatic nitrogens is 4. The van der Waals surface area contributed by atoms with Crippen LogP contribution in [0.1, 0.15) is 37.5 Å². The van der Waals surface area contributed by atoms with Gasteiger partial charge in [0.25, 0.3) is 6.71 Å². The summed E-state index contributed by atoms with van der Waals surface area (Å²) < 4.78 is 10.6. The molecule has 0 unspecified atom stereocenters. The monoisotopic (exact) mass is 834 g/mol. The van der Waals surface area contributed by atoms with Gasteiger partial charge in [-0.25, -0.2) is 0 Å². The molecule has 0 bridgehead atoms. The van der Waals surface area contributed by atoms with Crippen molar-refractivity contribution in [2.45, 2.75) is 40.0 Å². The Kier molecular flexibility index (Phi) is 8.06. The molecule has 65 heavy (non-hydrogen) atoms. The number of fused-ring (bicyclic) bond motifs is 4. The van der Waals surface area contributed by atoms with Crippen molar-refractivity contribution in [1.82, 2.24) is 17.9 Å². The lowest BCUT2D eigenvalue weighted by molar-refractivity contribution is 0.589. The van der Waals surface area contributed by atoms with Gasteiger partial charge in [0.1, 0.15) is 11.3 Å². The van der Waals surface area contributed by atoms with Gasteiger partial charge in [-0.2, -0.15) is 0 Å². The maximum Gasteiger partial charge on any atom is 0.257 e. The molecule has 0 fully saturated rings. The van der Waals surface area contributed by atoms with E-state index in [2.05, 4.69) is 247 Å². The molecule has 13 rings (SSSR count). The largest absolute Gasteiger partial charge is 0.294 e. The van der Waals surface area contributed by atoms with Crippen LogP contribution in [0.25, 0.3) is 90.2 Å². The van der Waals surface area contributed by atoms with Gasteiger partial charge in [-0.1, -0.05) is 203 Å². The molecular formula is C60H47BN4. The lowest BCUT2D eigenvalue weighted by atomic mass is 9.34. The highest BCUT2D eigenvalue weighted by molar-refractivity contribution is 7.00. The van der Waals surface area contributed by atoms with E-state index in [1.165, 1.54) is 123 Å². The summed E-state index contributed by atoms with van der Waals surface area (Å²) in [5.41, 5.74) is 27.3. The van der Waals surface area contributed by atoms with Gasteiger partial charge in [-0.3, -0.25) is 17.9 Å². The molecule has 0 atom stereocenters. The van der Waals surface area contributed by atoms with Crippen LogP contribution in [0, 0.1) is 13.8 Å². The number of hydrogen-bond acceptors (Lipinski definition) is 0. The van der Waals surface area contributed by atoms with Gasteiger partial charge in [-0.15, -0.1) is 0 Å². The third-order valence-electron chi connectivity index (χ3n) is 14.3. The van der Waals surface area contributed by atoms with Crippen LogP contribution in [-0.2, 0) is 5.41 Å². The van der Waals surface area contributed by atoms with Crippen molar-refractivity contribution in [3.63, 3.8) is 0 Å². The van der Waals surface area contributed by atoms with Crippen molar-refractivity contribution >= 4 is 34.4 Å². The van der Waals surface area contributed by atoms with E-state index in [9.17, 15) is 0 Å². The van der Waals surface area contributed by atoms with Gasteiger partial charge >= 0.3 is 0 Å². The second-order valence-corrected chi connectivity index (χ2v) is 19.0. The average molecular weight is 835 g/mol. The van der Waals surface area contributed by atoms with Gasteiger partial charge < -0.3 is 0 Å². The SMILES string of the molecule is Cc1c2c3n(c(-c4ccccc4)c(-c4ccccc4)n3c1-c1ccccc1)-c1cc(C(C)(C)C)cc3c1B2c1c(C)c(-c2ccccc2)n2c(-c4ccccc4)c(-c4ccccc4)n-3c12. The fourth-order valence-electron chi connectivity index (χ4n) is 11.5. The average Bonchev–Trinajstić information content (AvgIpc) is 4.05. The molecule has 0 spiro atoms. The number of imidazole rings is 2. The van der Waals surface area contributed by atoms with Crippen molar-refractivity contribution in [1.29, 1.82) is 0 Å². The van der Waals surface area contributed by atoms with Crippen LogP contribution in [0.2, 0.25) is 0 Å². The fourth-order valence-corrected chi connectivity index (χ4v) is 11.5. The molecule has 11 aromatic rings. The molecule has 7 aromatic carbocycles. The van der Waals surface area contributed by atoms with Gasteiger partial charge in [0.05, 0.1) is 34.2 Å². The van der Waals surface area contributed by atoms with E-state index in [4.69, 9.17) is 0 Å².